The molecule has 1 amide bonds. The number of carbonyl (C=O) groups is 2. The van der Waals surface area contributed by atoms with E-state index in [-0.39, 0.29) is 23.1 Å². The monoisotopic (exact) mass is 276 g/mol. The Hall–Kier alpha value is -1.58. The minimum absolute atomic E-state index is 0.00247. The van der Waals surface area contributed by atoms with E-state index >= 15 is 0 Å². The van der Waals surface area contributed by atoms with E-state index < -0.39 is 0 Å². The summed E-state index contributed by atoms with van der Waals surface area (Å²) in [6.07, 6.45) is 1.43. The predicted molar refractivity (Wildman–Crippen MR) is 78.9 cm³/mol. The molecule has 0 aliphatic heterocycles. The first-order valence-electron chi connectivity index (χ1n) is 7.21. The van der Waals surface area contributed by atoms with Crippen molar-refractivity contribution in [1.82, 2.24) is 9.88 Å². The number of nitrogens with one attached hydrogen (secondary N) is 1. The van der Waals surface area contributed by atoms with E-state index in [2.05, 4.69) is 19.2 Å². The lowest BCUT2D eigenvalue weighted by atomic mass is 9.76. The topological polar surface area (TPSA) is 51.1 Å². The normalized spacial score (nSPS) is 17.2. The average molecular weight is 276 g/mol. The molecule has 0 spiro atoms. The fraction of sp³-hybridized carbons (Fsp3) is 0.625. The Morgan fingerprint density at radius 2 is 2.05 bits per heavy atom. The molecule has 4 heteroatoms. The Kier molecular flexibility index (Phi) is 3.76. The van der Waals surface area contributed by atoms with Gasteiger partial charge in [0.05, 0.1) is 0 Å². The lowest BCUT2D eigenvalue weighted by Gasteiger charge is -2.29. The van der Waals surface area contributed by atoms with E-state index in [0.29, 0.717) is 13.0 Å². The molecule has 0 atom stereocenters. The van der Waals surface area contributed by atoms with Gasteiger partial charge in [-0.2, -0.15) is 0 Å². The lowest BCUT2D eigenvalue weighted by Crippen LogP contribution is -2.35. The number of rotatable bonds is 3. The second-order valence-electron chi connectivity index (χ2n) is 6.90. The van der Waals surface area contributed by atoms with E-state index in [1.165, 1.54) is 0 Å². The van der Waals surface area contributed by atoms with Crippen molar-refractivity contribution in [2.75, 3.05) is 0 Å². The number of carbonyl (C=O) groups excluding carboxylic acids is 2. The quantitative estimate of drug-likeness (QED) is 0.922. The van der Waals surface area contributed by atoms with Gasteiger partial charge in [0.25, 0.3) is 0 Å². The first kappa shape index (κ1) is 14.8. The summed E-state index contributed by atoms with van der Waals surface area (Å²) in [4.78, 5) is 24.2. The maximum atomic E-state index is 12.2. The van der Waals surface area contributed by atoms with E-state index in [9.17, 15) is 9.59 Å². The molecule has 20 heavy (non-hydrogen) atoms. The number of amides is 1. The van der Waals surface area contributed by atoms with Gasteiger partial charge in [-0.25, -0.2) is 0 Å². The molecule has 110 valence electrons. The fourth-order valence-electron chi connectivity index (χ4n) is 2.94. The zero-order valence-corrected chi connectivity index (χ0v) is 13.0. The first-order chi connectivity index (χ1) is 9.19. The third kappa shape index (κ3) is 2.94. The van der Waals surface area contributed by atoms with Crippen molar-refractivity contribution in [2.24, 2.45) is 5.41 Å². The molecule has 0 radical (unpaired) electrons. The maximum Gasteiger partial charge on any atom is 0.240 e. The molecule has 4 nitrogen and oxygen atoms in total. The van der Waals surface area contributed by atoms with Crippen LogP contribution in [0.1, 0.15) is 55.9 Å². The Bertz CT molecular complexity index is 553. The number of aromatic nitrogens is 1. The summed E-state index contributed by atoms with van der Waals surface area (Å²) in [6, 6.07) is 2.06. The highest BCUT2D eigenvalue weighted by molar-refractivity contribution is 5.99. The molecule has 1 aliphatic rings. The van der Waals surface area contributed by atoms with Gasteiger partial charge in [0.2, 0.25) is 5.91 Å². The number of nitrogens with zero attached hydrogens (tertiary/aromatic N) is 1. The van der Waals surface area contributed by atoms with Crippen LogP contribution in [0, 0.1) is 12.3 Å². The number of fused-ring (bicyclic) bond motifs is 1. The molecule has 0 saturated carbocycles. The summed E-state index contributed by atoms with van der Waals surface area (Å²) < 4.78 is 1.99. The molecule has 2 rings (SSSR count). The van der Waals surface area contributed by atoms with Crippen molar-refractivity contribution in [3.05, 3.63) is 23.0 Å². The zero-order chi connectivity index (χ0) is 15.1. The molecule has 0 saturated heterocycles. The number of hydrogen-bond acceptors (Lipinski definition) is 2. The van der Waals surface area contributed by atoms with E-state index in [4.69, 9.17) is 0 Å². The van der Waals surface area contributed by atoms with Crippen molar-refractivity contribution >= 4 is 11.7 Å². The van der Waals surface area contributed by atoms with Gasteiger partial charge in [-0.3, -0.25) is 9.59 Å². The minimum Gasteiger partial charge on any atom is -0.352 e. The summed E-state index contributed by atoms with van der Waals surface area (Å²) in [6.45, 7) is 10.4. The number of aryl methyl sites for hydroxylation is 1. The van der Waals surface area contributed by atoms with Crippen molar-refractivity contribution in [3.8, 4) is 0 Å². The highest BCUT2D eigenvalue weighted by Crippen LogP contribution is 2.36. The van der Waals surface area contributed by atoms with Crippen molar-refractivity contribution in [2.45, 2.75) is 60.0 Å². The average Bonchev–Trinajstić information content (AvgIpc) is 2.54. The third-order valence-electron chi connectivity index (χ3n) is 3.75. The van der Waals surface area contributed by atoms with Crippen molar-refractivity contribution in [1.29, 1.82) is 0 Å². The smallest absolute Gasteiger partial charge is 0.240 e. The Labute approximate surface area is 120 Å². The molecular formula is C16H24N2O2. The van der Waals surface area contributed by atoms with Crippen molar-refractivity contribution in [3.63, 3.8) is 0 Å². The largest absolute Gasteiger partial charge is 0.352 e. The van der Waals surface area contributed by atoms with Crippen LogP contribution in [-0.2, 0) is 17.8 Å². The highest BCUT2D eigenvalue weighted by Gasteiger charge is 2.34. The van der Waals surface area contributed by atoms with Crippen molar-refractivity contribution < 1.29 is 9.59 Å². The second kappa shape index (κ2) is 5.08. The Morgan fingerprint density at radius 3 is 2.65 bits per heavy atom. The van der Waals surface area contributed by atoms with Crippen LogP contribution in [0.5, 0.6) is 0 Å². The fourth-order valence-corrected chi connectivity index (χ4v) is 2.94. The van der Waals surface area contributed by atoms with E-state index in [0.717, 1.165) is 23.4 Å². The van der Waals surface area contributed by atoms with Crippen LogP contribution in [0.25, 0.3) is 0 Å². The summed E-state index contributed by atoms with van der Waals surface area (Å²) in [5.74, 6) is 0.194. The van der Waals surface area contributed by atoms with Gasteiger partial charge < -0.3 is 9.88 Å². The second-order valence-corrected chi connectivity index (χ2v) is 6.90. The Balaban J connectivity index is 2.32. The van der Waals surface area contributed by atoms with Gasteiger partial charge in [-0.15, -0.1) is 0 Å². The molecule has 1 aromatic rings. The SMILES string of the molecule is Cc1cc2c(n1CC(=O)NC(C)C)CC(C)(C)CC2=O. The molecule has 0 aromatic carbocycles. The molecule has 0 unspecified atom stereocenters. The lowest BCUT2D eigenvalue weighted by molar-refractivity contribution is -0.122. The van der Waals surface area contributed by atoms with Crippen LogP contribution in [0.15, 0.2) is 6.07 Å². The van der Waals surface area contributed by atoms with Crippen LogP contribution in [0.3, 0.4) is 0 Å². The van der Waals surface area contributed by atoms with Gasteiger partial charge in [-0.05, 0) is 38.7 Å². The predicted octanol–water partition coefficient (Wildman–Crippen LogP) is 2.48. The molecule has 1 N–H and O–H groups in total. The van der Waals surface area contributed by atoms with Crippen LogP contribution in [-0.4, -0.2) is 22.3 Å². The van der Waals surface area contributed by atoms with Crippen LogP contribution < -0.4 is 5.32 Å². The van der Waals surface area contributed by atoms with Crippen LogP contribution >= 0.6 is 0 Å². The summed E-state index contributed by atoms with van der Waals surface area (Å²) in [7, 11) is 0. The Morgan fingerprint density at radius 1 is 1.40 bits per heavy atom. The molecular weight excluding hydrogens is 252 g/mol. The summed E-state index contributed by atoms with van der Waals surface area (Å²) >= 11 is 0. The van der Waals surface area contributed by atoms with Gasteiger partial charge >= 0.3 is 0 Å². The van der Waals surface area contributed by atoms with Crippen LogP contribution in [0.4, 0.5) is 0 Å². The highest BCUT2D eigenvalue weighted by atomic mass is 16.2. The molecule has 1 heterocycles. The van der Waals surface area contributed by atoms with Gasteiger partial charge in [0.1, 0.15) is 6.54 Å². The number of hydrogen-bond donors (Lipinski definition) is 1. The summed E-state index contributed by atoms with van der Waals surface area (Å²) in [5.41, 5.74) is 2.78. The van der Waals surface area contributed by atoms with Gasteiger partial charge in [0, 0.05) is 29.4 Å². The molecule has 1 aromatic heterocycles. The zero-order valence-electron chi connectivity index (χ0n) is 13.0. The van der Waals surface area contributed by atoms with E-state index in [1.807, 2.05) is 31.4 Å². The standard InChI is InChI=1S/C16H24N2O2/c1-10(2)17-15(20)9-18-11(3)6-12-13(18)7-16(4,5)8-14(12)19/h6,10H,7-9H2,1-5H3,(H,17,20). The first-order valence-corrected chi connectivity index (χ1v) is 7.21. The molecule has 0 fully saturated rings. The van der Waals surface area contributed by atoms with Gasteiger partial charge in [-0.1, -0.05) is 13.8 Å². The minimum atomic E-state index is -0.0266. The van der Waals surface area contributed by atoms with Crippen LogP contribution in [0.2, 0.25) is 0 Å². The van der Waals surface area contributed by atoms with Gasteiger partial charge in [0.15, 0.2) is 5.78 Å². The summed E-state index contributed by atoms with van der Waals surface area (Å²) in [5, 5.41) is 2.90. The third-order valence-corrected chi connectivity index (χ3v) is 3.75. The number of ketones is 1. The molecule has 0 bridgehead atoms. The van der Waals surface area contributed by atoms with E-state index in [1.54, 1.807) is 0 Å². The maximum absolute atomic E-state index is 12.2. The number of Topliss-reactive ketones (excluding diaryl/α,β-unsaturated/α-hetero) is 1. The molecule has 1 aliphatic carbocycles.